The third-order valence-corrected chi connectivity index (χ3v) is 0.847. The Kier molecular flexibility index (Phi) is 10.0. The van der Waals surface area contributed by atoms with Crippen molar-refractivity contribution in [3.8, 4) is 0 Å². The first-order chi connectivity index (χ1) is 5.13. The van der Waals surface area contributed by atoms with Gasteiger partial charge in [-0.05, 0) is 24.6 Å². The Balaban J connectivity index is 0.000000218. The zero-order valence-electron chi connectivity index (χ0n) is 5.84. The van der Waals surface area contributed by atoms with Gasteiger partial charge in [-0.15, -0.1) is 0 Å². The molecule has 0 amide bonds. The molecule has 0 radical (unpaired) electrons. The van der Waals surface area contributed by atoms with E-state index in [4.69, 9.17) is 0 Å². The van der Waals surface area contributed by atoms with Crippen LogP contribution in [0.2, 0.25) is 0 Å². The quantitative estimate of drug-likeness (QED) is 0.467. The van der Waals surface area contributed by atoms with E-state index in [0.29, 0.717) is 0 Å². The predicted octanol–water partition coefficient (Wildman–Crippen LogP) is 4.04. The van der Waals surface area contributed by atoms with E-state index in [0.717, 1.165) is 0 Å². The summed E-state index contributed by atoms with van der Waals surface area (Å²) in [5.74, 6) is 0. The number of aromatic nitrogens is 1. The van der Waals surface area contributed by atoms with E-state index in [1.807, 2.05) is 19.1 Å². The van der Waals surface area contributed by atoms with Crippen molar-refractivity contribution < 1.29 is 4.92 Å². The van der Waals surface area contributed by atoms with Crippen LogP contribution >= 0.6 is 59.9 Å². The normalized spacial score (nSPS) is 8.82. The summed E-state index contributed by atoms with van der Waals surface area (Å²) < 4.78 is 0. The molecule has 11 heavy (non-hydrogen) atoms. The average molecular weight is 525 g/mol. The molecule has 0 saturated heterocycles. The second kappa shape index (κ2) is 8.52. The molecule has 1 aromatic rings. The first kappa shape index (κ1) is 12.9. The Bertz CT molecular complexity index is 178. The van der Waals surface area contributed by atoms with Crippen LogP contribution in [0.5, 0.6) is 0 Å². The number of rotatable bonds is 0. The molecule has 0 saturated carbocycles. The number of nitrogens with zero attached hydrogens (tertiary/aromatic N) is 1. The van der Waals surface area contributed by atoms with Gasteiger partial charge in [0.05, 0.1) is 0 Å². The summed E-state index contributed by atoms with van der Waals surface area (Å²) in [6.45, 7) is 2.04. The first-order valence-corrected chi connectivity index (χ1v) is 16.3. The molecular weight excluding hydrogens is 518 g/mol. The number of hydrogen-bond donors (Lipinski definition) is 0. The van der Waals surface area contributed by atoms with Crippen LogP contribution in [0.15, 0.2) is 24.5 Å². The van der Waals surface area contributed by atoms with Crippen molar-refractivity contribution in [2.75, 3.05) is 0 Å². The van der Waals surface area contributed by atoms with E-state index in [1.54, 1.807) is 12.4 Å². The Hall–Kier alpha value is 1.92. The summed E-state index contributed by atoms with van der Waals surface area (Å²) in [6.07, 6.45) is 3.57. The van der Waals surface area contributed by atoms with E-state index >= 15 is 0 Å². The van der Waals surface area contributed by atoms with Gasteiger partial charge in [0.25, 0.3) is 0 Å². The molecule has 1 heterocycles. The Morgan fingerprint density at radius 1 is 1.18 bits per heavy atom. The number of halogens is 3. The average Bonchev–Trinajstić information content (AvgIpc) is 1.87. The van der Waals surface area contributed by atoms with Crippen molar-refractivity contribution in [3.63, 3.8) is 0 Å². The molecular formula is C6H7I3NV. The van der Waals surface area contributed by atoms with E-state index in [9.17, 15) is 0 Å². The molecule has 0 bridgehead atoms. The minimum atomic E-state index is -0.278. The van der Waals surface area contributed by atoms with E-state index in [2.05, 4.69) is 64.9 Å². The van der Waals surface area contributed by atoms with Crippen molar-refractivity contribution in [2.24, 2.45) is 0 Å². The molecule has 1 rings (SSSR count). The summed E-state index contributed by atoms with van der Waals surface area (Å²) in [6, 6.07) is 3.94. The molecule has 1 aromatic heterocycles. The monoisotopic (exact) mass is 525 g/mol. The van der Waals surface area contributed by atoms with Gasteiger partial charge in [-0.2, -0.15) is 0 Å². The van der Waals surface area contributed by atoms with Gasteiger partial charge in [0, 0.05) is 12.4 Å². The molecule has 0 aromatic carbocycles. The third kappa shape index (κ3) is 11.9. The molecule has 0 fully saturated rings. The maximum atomic E-state index is 3.85. The second-order valence-electron chi connectivity index (χ2n) is 1.72. The van der Waals surface area contributed by atoms with Crippen molar-refractivity contribution in [2.45, 2.75) is 6.92 Å². The summed E-state index contributed by atoms with van der Waals surface area (Å²) in [5, 5.41) is 0. The van der Waals surface area contributed by atoms with Crippen LogP contribution < -0.4 is 0 Å². The van der Waals surface area contributed by atoms with E-state index in [-0.39, 0.29) is 4.92 Å². The Morgan fingerprint density at radius 2 is 1.55 bits per heavy atom. The zero-order valence-corrected chi connectivity index (χ0v) is 13.7. The SMILES string of the molecule is Cc1ccncc1.[I][V]([I])[I]. The number of hydrogen-bond acceptors (Lipinski definition) is 1. The van der Waals surface area contributed by atoms with Gasteiger partial charge in [-0.25, -0.2) is 0 Å². The first-order valence-electron chi connectivity index (χ1n) is 2.77. The summed E-state index contributed by atoms with van der Waals surface area (Å²) >= 11 is 7.39. The summed E-state index contributed by atoms with van der Waals surface area (Å²) in [4.78, 5) is 3.57. The number of aryl methyl sites for hydroxylation is 1. The molecule has 0 N–H and O–H groups in total. The topological polar surface area (TPSA) is 12.9 Å². The maximum absolute atomic E-state index is 3.85. The van der Waals surface area contributed by atoms with Crippen LogP contribution in [0.1, 0.15) is 5.56 Å². The number of pyridine rings is 1. The molecule has 0 aliphatic rings. The standard InChI is InChI=1S/C6H7N.3HI.V/c1-6-2-4-7-5-3-6;;;;/h2-5H,1H3;3*1H;/q;;;;+3/p-3. The minimum absolute atomic E-state index is 0.278. The van der Waals surface area contributed by atoms with E-state index in [1.165, 1.54) is 5.56 Å². The Morgan fingerprint density at radius 3 is 1.73 bits per heavy atom. The molecule has 0 spiro atoms. The van der Waals surface area contributed by atoms with Gasteiger partial charge in [0.1, 0.15) is 0 Å². The van der Waals surface area contributed by atoms with E-state index < -0.39 is 0 Å². The van der Waals surface area contributed by atoms with Crippen molar-refractivity contribution in [1.29, 1.82) is 0 Å². The molecule has 0 aliphatic carbocycles. The summed E-state index contributed by atoms with van der Waals surface area (Å²) in [5.41, 5.74) is 1.26. The van der Waals surface area contributed by atoms with Gasteiger partial charge in [-0.1, -0.05) is 0 Å². The van der Waals surface area contributed by atoms with Crippen LogP contribution in [-0.4, -0.2) is 4.98 Å². The zero-order chi connectivity index (χ0) is 8.69. The van der Waals surface area contributed by atoms with Crippen molar-refractivity contribution >= 4 is 59.9 Å². The summed E-state index contributed by atoms with van der Waals surface area (Å²) in [7, 11) is 0. The molecule has 1 nitrogen and oxygen atoms in total. The van der Waals surface area contributed by atoms with Gasteiger partial charge >= 0.3 is 64.9 Å². The van der Waals surface area contributed by atoms with Crippen molar-refractivity contribution in [1.82, 2.24) is 4.98 Å². The van der Waals surface area contributed by atoms with Crippen LogP contribution in [0.4, 0.5) is 0 Å². The van der Waals surface area contributed by atoms with Gasteiger partial charge in [-0.3, -0.25) is 4.98 Å². The molecule has 0 aliphatic heterocycles. The second-order valence-corrected chi connectivity index (χ2v) is 37.1. The fourth-order valence-electron chi connectivity index (χ4n) is 0.426. The van der Waals surface area contributed by atoms with Crippen LogP contribution in [0, 0.1) is 6.92 Å². The molecule has 0 unspecified atom stereocenters. The third-order valence-electron chi connectivity index (χ3n) is 0.847. The Labute approximate surface area is 105 Å². The van der Waals surface area contributed by atoms with Crippen LogP contribution in [0.25, 0.3) is 0 Å². The molecule has 0 atom stereocenters. The predicted molar refractivity (Wildman–Crippen MR) is 71.0 cm³/mol. The molecule has 5 heteroatoms. The molecule has 62 valence electrons. The van der Waals surface area contributed by atoms with Gasteiger partial charge < -0.3 is 0 Å². The van der Waals surface area contributed by atoms with Gasteiger partial charge in [0.15, 0.2) is 0 Å². The van der Waals surface area contributed by atoms with Crippen LogP contribution in [-0.2, 0) is 4.92 Å². The van der Waals surface area contributed by atoms with Crippen LogP contribution in [0.3, 0.4) is 0 Å². The van der Waals surface area contributed by atoms with Crippen molar-refractivity contribution in [3.05, 3.63) is 30.1 Å². The fraction of sp³-hybridized carbons (Fsp3) is 0.167. The van der Waals surface area contributed by atoms with Gasteiger partial charge in [0.2, 0.25) is 0 Å². The fourth-order valence-corrected chi connectivity index (χ4v) is 0.426.